The minimum atomic E-state index is -0.176. The standard InChI is InChI=1S/C17H22N4O2/c1-10-12(3)21(9-19-10)8-7-18-17(23)15-11(2)20-13-5-4-6-14(22)16(13)15/h9,20H,4-8H2,1-3H3,(H,18,23). The summed E-state index contributed by atoms with van der Waals surface area (Å²) in [7, 11) is 0. The molecular formula is C17H22N4O2. The number of imidazole rings is 1. The van der Waals surface area contributed by atoms with Gasteiger partial charge in [0.15, 0.2) is 5.78 Å². The maximum absolute atomic E-state index is 12.5. The Morgan fingerprint density at radius 3 is 2.83 bits per heavy atom. The molecule has 0 saturated carbocycles. The van der Waals surface area contributed by atoms with Crippen molar-refractivity contribution in [2.75, 3.05) is 6.54 Å². The van der Waals surface area contributed by atoms with Gasteiger partial charge in [0.1, 0.15) is 0 Å². The minimum absolute atomic E-state index is 0.0711. The van der Waals surface area contributed by atoms with Crippen LogP contribution in [0.5, 0.6) is 0 Å². The summed E-state index contributed by atoms with van der Waals surface area (Å²) in [6.45, 7) is 6.99. The molecule has 2 heterocycles. The van der Waals surface area contributed by atoms with Crippen molar-refractivity contribution in [3.8, 4) is 0 Å². The van der Waals surface area contributed by atoms with Gasteiger partial charge in [-0.2, -0.15) is 0 Å². The Hall–Kier alpha value is -2.37. The fourth-order valence-electron chi connectivity index (χ4n) is 3.17. The molecule has 6 heteroatoms. The van der Waals surface area contributed by atoms with Crippen molar-refractivity contribution in [3.05, 3.63) is 40.2 Å². The van der Waals surface area contributed by atoms with E-state index in [0.29, 0.717) is 30.6 Å². The van der Waals surface area contributed by atoms with Crippen molar-refractivity contribution in [1.29, 1.82) is 0 Å². The molecule has 0 aromatic carbocycles. The average Bonchev–Trinajstić information content (AvgIpc) is 3.01. The first-order valence-electron chi connectivity index (χ1n) is 8.00. The summed E-state index contributed by atoms with van der Waals surface area (Å²) in [5.74, 6) is -0.105. The minimum Gasteiger partial charge on any atom is -0.361 e. The molecule has 0 spiro atoms. The van der Waals surface area contributed by atoms with E-state index in [1.165, 1.54) is 0 Å². The summed E-state index contributed by atoms with van der Waals surface area (Å²) < 4.78 is 2.01. The molecule has 0 atom stereocenters. The normalized spacial score (nSPS) is 14.0. The molecule has 0 saturated heterocycles. The predicted molar refractivity (Wildman–Crippen MR) is 86.8 cm³/mol. The third-order valence-electron chi connectivity index (χ3n) is 4.59. The van der Waals surface area contributed by atoms with Gasteiger partial charge in [-0.05, 0) is 33.6 Å². The number of carbonyl (C=O) groups excluding carboxylic acids is 2. The third kappa shape index (κ3) is 2.81. The van der Waals surface area contributed by atoms with E-state index in [4.69, 9.17) is 0 Å². The number of nitrogens with zero attached hydrogens (tertiary/aromatic N) is 2. The maximum atomic E-state index is 12.5. The van der Waals surface area contributed by atoms with Gasteiger partial charge < -0.3 is 14.9 Å². The van der Waals surface area contributed by atoms with Crippen LogP contribution in [-0.4, -0.2) is 32.8 Å². The molecule has 3 rings (SSSR count). The van der Waals surface area contributed by atoms with Crippen molar-refractivity contribution in [2.24, 2.45) is 0 Å². The fourth-order valence-corrected chi connectivity index (χ4v) is 3.17. The van der Waals surface area contributed by atoms with Gasteiger partial charge in [0.05, 0.1) is 23.1 Å². The summed E-state index contributed by atoms with van der Waals surface area (Å²) in [5.41, 5.74) is 4.90. The highest BCUT2D eigenvalue weighted by atomic mass is 16.2. The van der Waals surface area contributed by atoms with Crippen molar-refractivity contribution >= 4 is 11.7 Å². The lowest BCUT2D eigenvalue weighted by molar-refractivity contribution is 0.0926. The van der Waals surface area contributed by atoms with Crippen LogP contribution in [0.3, 0.4) is 0 Å². The summed E-state index contributed by atoms with van der Waals surface area (Å²) in [5, 5.41) is 2.92. The second-order valence-electron chi connectivity index (χ2n) is 6.12. The Balaban J connectivity index is 1.71. The van der Waals surface area contributed by atoms with Crippen LogP contribution >= 0.6 is 0 Å². The zero-order valence-electron chi connectivity index (χ0n) is 13.8. The van der Waals surface area contributed by atoms with Crippen LogP contribution in [0.15, 0.2) is 6.33 Å². The molecule has 1 aliphatic carbocycles. The molecule has 1 aliphatic rings. The SMILES string of the molecule is Cc1ncn(CCNC(=O)c2c(C)[nH]c3c2C(=O)CCC3)c1C. The van der Waals surface area contributed by atoms with Gasteiger partial charge in [0.25, 0.3) is 5.91 Å². The Bertz CT molecular complexity index is 770. The maximum Gasteiger partial charge on any atom is 0.253 e. The van der Waals surface area contributed by atoms with Gasteiger partial charge in [0, 0.05) is 36.6 Å². The second-order valence-corrected chi connectivity index (χ2v) is 6.12. The van der Waals surface area contributed by atoms with E-state index in [1.807, 2.05) is 25.3 Å². The monoisotopic (exact) mass is 314 g/mol. The molecule has 0 radical (unpaired) electrons. The van der Waals surface area contributed by atoms with E-state index in [-0.39, 0.29) is 11.7 Å². The lowest BCUT2D eigenvalue weighted by Gasteiger charge is -2.12. The molecule has 0 aliphatic heterocycles. The van der Waals surface area contributed by atoms with Crippen LogP contribution in [0.4, 0.5) is 0 Å². The number of nitrogens with one attached hydrogen (secondary N) is 2. The number of amides is 1. The quantitative estimate of drug-likeness (QED) is 0.907. The van der Waals surface area contributed by atoms with E-state index < -0.39 is 0 Å². The van der Waals surface area contributed by atoms with Crippen molar-refractivity contribution in [1.82, 2.24) is 19.9 Å². The van der Waals surface area contributed by atoms with E-state index in [2.05, 4.69) is 15.3 Å². The highest BCUT2D eigenvalue weighted by Gasteiger charge is 2.28. The Morgan fingerprint density at radius 1 is 1.35 bits per heavy atom. The first-order valence-corrected chi connectivity index (χ1v) is 8.00. The molecule has 2 aromatic rings. The van der Waals surface area contributed by atoms with Crippen LogP contribution in [-0.2, 0) is 13.0 Å². The molecule has 0 fully saturated rings. The molecule has 122 valence electrons. The van der Waals surface area contributed by atoms with Crippen LogP contribution < -0.4 is 5.32 Å². The average molecular weight is 314 g/mol. The molecule has 6 nitrogen and oxygen atoms in total. The summed E-state index contributed by atoms with van der Waals surface area (Å²) in [4.78, 5) is 32.1. The van der Waals surface area contributed by atoms with Crippen molar-refractivity contribution < 1.29 is 9.59 Å². The number of H-pyrrole nitrogens is 1. The number of hydrogen-bond acceptors (Lipinski definition) is 3. The van der Waals surface area contributed by atoms with E-state index in [9.17, 15) is 9.59 Å². The van der Waals surface area contributed by atoms with Crippen LogP contribution in [0, 0.1) is 20.8 Å². The van der Waals surface area contributed by atoms with Crippen LogP contribution in [0.1, 0.15) is 56.3 Å². The van der Waals surface area contributed by atoms with E-state index >= 15 is 0 Å². The number of Topliss-reactive ketones (excluding diaryl/α,β-unsaturated/α-hetero) is 1. The van der Waals surface area contributed by atoms with Gasteiger partial charge in [0.2, 0.25) is 0 Å². The Labute approximate surface area is 135 Å². The largest absolute Gasteiger partial charge is 0.361 e. The van der Waals surface area contributed by atoms with Crippen molar-refractivity contribution in [2.45, 2.75) is 46.6 Å². The number of ketones is 1. The summed E-state index contributed by atoms with van der Waals surface area (Å²) >= 11 is 0. The molecular weight excluding hydrogens is 292 g/mol. The molecule has 23 heavy (non-hydrogen) atoms. The third-order valence-corrected chi connectivity index (χ3v) is 4.59. The first-order chi connectivity index (χ1) is 11.0. The zero-order valence-corrected chi connectivity index (χ0v) is 13.8. The predicted octanol–water partition coefficient (Wildman–Crippen LogP) is 2.09. The van der Waals surface area contributed by atoms with Crippen molar-refractivity contribution in [3.63, 3.8) is 0 Å². The number of carbonyl (C=O) groups is 2. The Morgan fingerprint density at radius 2 is 2.13 bits per heavy atom. The zero-order chi connectivity index (χ0) is 16.6. The number of rotatable bonds is 4. The smallest absolute Gasteiger partial charge is 0.253 e. The van der Waals surface area contributed by atoms with E-state index in [1.54, 1.807) is 6.33 Å². The number of aromatic nitrogens is 3. The molecule has 1 amide bonds. The number of hydrogen-bond donors (Lipinski definition) is 2. The first kappa shape index (κ1) is 15.5. The highest BCUT2D eigenvalue weighted by Crippen LogP contribution is 2.26. The summed E-state index contributed by atoms with van der Waals surface area (Å²) in [6, 6.07) is 0. The molecule has 2 aromatic heterocycles. The lowest BCUT2D eigenvalue weighted by atomic mass is 9.93. The van der Waals surface area contributed by atoms with Gasteiger partial charge in [-0.15, -0.1) is 0 Å². The highest BCUT2D eigenvalue weighted by molar-refractivity contribution is 6.10. The number of aromatic amines is 1. The van der Waals surface area contributed by atoms with Gasteiger partial charge >= 0.3 is 0 Å². The molecule has 0 unspecified atom stereocenters. The molecule has 0 bridgehead atoms. The van der Waals surface area contributed by atoms with Gasteiger partial charge in [-0.3, -0.25) is 9.59 Å². The summed E-state index contributed by atoms with van der Waals surface area (Å²) in [6.07, 6.45) is 4.00. The number of fused-ring (bicyclic) bond motifs is 1. The van der Waals surface area contributed by atoms with Crippen LogP contribution in [0.2, 0.25) is 0 Å². The molecule has 2 N–H and O–H groups in total. The number of aryl methyl sites for hydroxylation is 3. The second kappa shape index (κ2) is 6.02. The van der Waals surface area contributed by atoms with Gasteiger partial charge in [-0.25, -0.2) is 4.98 Å². The van der Waals surface area contributed by atoms with Gasteiger partial charge in [-0.1, -0.05) is 0 Å². The van der Waals surface area contributed by atoms with E-state index in [0.717, 1.165) is 35.6 Å². The Kier molecular flexibility index (Phi) is 4.07. The lowest BCUT2D eigenvalue weighted by Crippen LogP contribution is -2.29. The fraction of sp³-hybridized carbons (Fsp3) is 0.471. The van der Waals surface area contributed by atoms with Crippen LogP contribution in [0.25, 0.3) is 0 Å². The topological polar surface area (TPSA) is 79.8 Å².